The van der Waals surface area contributed by atoms with Crippen molar-refractivity contribution in [1.82, 2.24) is 4.98 Å². The molecule has 78 valence electrons. The maximum absolute atomic E-state index is 5.76. The van der Waals surface area contributed by atoms with E-state index in [9.17, 15) is 0 Å². The van der Waals surface area contributed by atoms with Gasteiger partial charge in [-0.1, -0.05) is 13.8 Å². The summed E-state index contributed by atoms with van der Waals surface area (Å²) in [5.74, 6) is 1.17. The predicted octanol–water partition coefficient (Wildman–Crippen LogP) is 2.14. The summed E-state index contributed by atoms with van der Waals surface area (Å²) >= 11 is 0. The molecule has 0 saturated carbocycles. The van der Waals surface area contributed by atoms with E-state index >= 15 is 0 Å². The van der Waals surface area contributed by atoms with Crippen molar-refractivity contribution < 1.29 is 4.74 Å². The van der Waals surface area contributed by atoms with Crippen LogP contribution in [-0.2, 0) is 0 Å². The lowest BCUT2D eigenvalue weighted by Gasteiger charge is -2.10. The second-order valence-electron chi connectivity index (χ2n) is 3.92. The number of nitrogens with zero attached hydrogens (tertiary/aromatic N) is 1. The van der Waals surface area contributed by atoms with Gasteiger partial charge in [0.05, 0.1) is 6.61 Å². The minimum atomic E-state index is 0.0272. The molecule has 0 amide bonds. The summed E-state index contributed by atoms with van der Waals surface area (Å²) in [5.41, 5.74) is 6.81. The van der Waals surface area contributed by atoms with Gasteiger partial charge in [0.15, 0.2) is 0 Å². The maximum Gasteiger partial charge on any atom is 0.213 e. The van der Waals surface area contributed by atoms with Gasteiger partial charge >= 0.3 is 0 Å². The average Bonchev–Trinajstić information content (AvgIpc) is 2.15. The lowest BCUT2D eigenvalue weighted by Crippen LogP contribution is -2.08. The maximum atomic E-state index is 5.76. The highest BCUT2D eigenvalue weighted by atomic mass is 16.5. The Hall–Kier alpha value is -1.09. The smallest absolute Gasteiger partial charge is 0.213 e. The van der Waals surface area contributed by atoms with Crippen LogP contribution in [0.2, 0.25) is 0 Å². The molecule has 14 heavy (non-hydrogen) atoms. The molecular weight excluding hydrogens is 176 g/mol. The summed E-state index contributed by atoms with van der Waals surface area (Å²) in [6.45, 7) is 6.85. The summed E-state index contributed by atoms with van der Waals surface area (Å²) in [6.07, 6.45) is 1.73. The molecule has 1 rings (SSSR count). The second kappa shape index (κ2) is 4.96. The van der Waals surface area contributed by atoms with Gasteiger partial charge in [-0.3, -0.25) is 0 Å². The SMILES string of the molecule is CC(C)COc1cc([C@H](C)N)ccn1. The van der Waals surface area contributed by atoms with Gasteiger partial charge in [-0.05, 0) is 24.5 Å². The van der Waals surface area contributed by atoms with Crippen LogP contribution in [0.1, 0.15) is 32.4 Å². The summed E-state index contributed by atoms with van der Waals surface area (Å²) < 4.78 is 5.49. The number of ether oxygens (including phenoxy) is 1. The zero-order chi connectivity index (χ0) is 10.6. The molecule has 0 aliphatic carbocycles. The molecule has 0 bridgehead atoms. The van der Waals surface area contributed by atoms with E-state index in [2.05, 4.69) is 18.8 Å². The van der Waals surface area contributed by atoms with Crippen LogP contribution in [0.15, 0.2) is 18.3 Å². The van der Waals surface area contributed by atoms with Gasteiger partial charge < -0.3 is 10.5 Å². The van der Waals surface area contributed by atoms with Crippen LogP contribution in [-0.4, -0.2) is 11.6 Å². The fourth-order valence-electron chi connectivity index (χ4n) is 1.04. The Morgan fingerprint density at radius 1 is 1.43 bits per heavy atom. The van der Waals surface area contributed by atoms with E-state index in [1.807, 2.05) is 19.1 Å². The standard InChI is InChI=1S/C11H18N2O/c1-8(2)7-14-11-6-10(9(3)12)4-5-13-11/h4-6,8-9H,7,12H2,1-3H3/t9-/m0/s1. The van der Waals surface area contributed by atoms with Crippen LogP contribution in [0.25, 0.3) is 0 Å². The van der Waals surface area contributed by atoms with E-state index in [0.29, 0.717) is 18.4 Å². The van der Waals surface area contributed by atoms with E-state index in [4.69, 9.17) is 10.5 Å². The van der Waals surface area contributed by atoms with Crippen molar-refractivity contribution in [3.05, 3.63) is 23.9 Å². The fourth-order valence-corrected chi connectivity index (χ4v) is 1.04. The van der Waals surface area contributed by atoms with Crippen LogP contribution in [0.3, 0.4) is 0 Å². The first-order valence-corrected chi connectivity index (χ1v) is 4.94. The number of hydrogen-bond donors (Lipinski definition) is 1. The summed E-state index contributed by atoms with van der Waals surface area (Å²) in [4.78, 5) is 4.12. The van der Waals surface area contributed by atoms with Gasteiger partial charge in [0.2, 0.25) is 5.88 Å². The van der Waals surface area contributed by atoms with E-state index in [-0.39, 0.29) is 6.04 Å². The van der Waals surface area contributed by atoms with E-state index < -0.39 is 0 Å². The largest absolute Gasteiger partial charge is 0.477 e. The van der Waals surface area contributed by atoms with Crippen molar-refractivity contribution in [1.29, 1.82) is 0 Å². The van der Waals surface area contributed by atoms with E-state index in [1.165, 1.54) is 0 Å². The Morgan fingerprint density at radius 3 is 2.71 bits per heavy atom. The molecule has 1 aromatic rings. The highest BCUT2D eigenvalue weighted by molar-refractivity contribution is 5.22. The van der Waals surface area contributed by atoms with Crippen LogP contribution in [0.4, 0.5) is 0 Å². The Morgan fingerprint density at radius 2 is 2.14 bits per heavy atom. The Labute approximate surface area is 85.3 Å². The van der Waals surface area contributed by atoms with Gasteiger partial charge in [0.1, 0.15) is 0 Å². The molecule has 0 saturated heterocycles. The summed E-state index contributed by atoms with van der Waals surface area (Å²) in [7, 11) is 0. The van der Waals surface area contributed by atoms with Crippen LogP contribution < -0.4 is 10.5 Å². The third-order valence-corrected chi connectivity index (χ3v) is 1.85. The number of aromatic nitrogens is 1. The van der Waals surface area contributed by atoms with Gasteiger partial charge in [0.25, 0.3) is 0 Å². The quantitative estimate of drug-likeness (QED) is 0.798. The number of hydrogen-bond acceptors (Lipinski definition) is 3. The monoisotopic (exact) mass is 194 g/mol. The molecule has 0 radical (unpaired) electrons. The zero-order valence-electron chi connectivity index (χ0n) is 9.03. The van der Waals surface area contributed by atoms with Crippen LogP contribution >= 0.6 is 0 Å². The van der Waals surface area contributed by atoms with Crippen molar-refractivity contribution >= 4 is 0 Å². The first-order chi connectivity index (χ1) is 6.59. The highest BCUT2D eigenvalue weighted by Gasteiger charge is 2.02. The Balaban J connectivity index is 2.64. The van der Waals surface area contributed by atoms with Gasteiger partial charge in [0, 0.05) is 18.3 Å². The minimum absolute atomic E-state index is 0.0272. The molecule has 3 heteroatoms. The molecule has 1 atom stereocenters. The molecule has 0 unspecified atom stereocenters. The number of pyridine rings is 1. The van der Waals surface area contributed by atoms with Crippen molar-refractivity contribution in [3.63, 3.8) is 0 Å². The fraction of sp³-hybridized carbons (Fsp3) is 0.545. The van der Waals surface area contributed by atoms with Crippen molar-refractivity contribution in [2.24, 2.45) is 11.7 Å². The normalized spacial score (nSPS) is 12.9. The molecule has 0 aliphatic rings. The topological polar surface area (TPSA) is 48.1 Å². The molecule has 1 aromatic heterocycles. The molecule has 1 heterocycles. The van der Waals surface area contributed by atoms with Gasteiger partial charge in [-0.15, -0.1) is 0 Å². The molecule has 0 aliphatic heterocycles. The molecular formula is C11H18N2O. The summed E-state index contributed by atoms with van der Waals surface area (Å²) in [6, 6.07) is 3.83. The molecule has 0 spiro atoms. The zero-order valence-corrected chi connectivity index (χ0v) is 9.03. The average molecular weight is 194 g/mol. The van der Waals surface area contributed by atoms with Gasteiger partial charge in [-0.25, -0.2) is 4.98 Å². The third kappa shape index (κ3) is 3.34. The first-order valence-electron chi connectivity index (χ1n) is 4.94. The third-order valence-electron chi connectivity index (χ3n) is 1.85. The predicted molar refractivity (Wildman–Crippen MR) is 57.2 cm³/mol. The Kier molecular flexibility index (Phi) is 3.89. The molecule has 3 nitrogen and oxygen atoms in total. The summed E-state index contributed by atoms with van der Waals surface area (Å²) in [5, 5.41) is 0. The second-order valence-corrected chi connectivity index (χ2v) is 3.92. The lowest BCUT2D eigenvalue weighted by atomic mass is 10.1. The molecule has 0 aromatic carbocycles. The van der Waals surface area contributed by atoms with Crippen molar-refractivity contribution in [2.75, 3.05) is 6.61 Å². The van der Waals surface area contributed by atoms with Crippen molar-refractivity contribution in [3.8, 4) is 5.88 Å². The molecule has 2 N–H and O–H groups in total. The van der Waals surface area contributed by atoms with Crippen molar-refractivity contribution in [2.45, 2.75) is 26.8 Å². The van der Waals surface area contributed by atoms with E-state index in [1.54, 1.807) is 6.20 Å². The van der Waals surface area contributed by atoms with E-state index in [0.717, 1.165) is 5.56 Å². The number of nitrogens with two attached hydrogens (primary N) is 1. The lowest BCUT2D eigenvalue weighted by molar-refractivity contribution is 0.261. The number of rotatable bonds is 4. The highest BCUT2D eigenvalue weighted by Crippen LogP contribution is 2.14. The minimum Gasteiger partial charge on any atom is -0.477 e. The van der Waals surface area contributed by atoms with Crippen LogP contribution in [0, 0.1) is 5.92 Å². The van der Waals surface area contributed by atoms with Gasteiger partial charge in [-0.2, -0.15) is 0 Å². The Bertz CT molecular complexity index is 284. The molecule has 0 fully saturated rings. The van der Waals surface area contributed by atoms with Crippen LogP contribution in [0.5, 0.6) is 5.88 Å². The first kappa shape index (κ1) is 11.0.